The molecule has 0 saturated carbocycles. The molecule has 0 fully saturated rings. The Labute approximate surface area is 127 Å². The van der Waals surface area contributed by atoms with E-state index < -0.39 is 5.97 Å². The lowest BCUT2D eigenvalue weighted by Crippen LogP contribution is -2.00. The molecule has 0 unspecified atom stereocenters. The maximum atomic E-state index is 11.0. The first kappa shape index (κ1) is 15.2. The van der Waals surface area contributed by atoms with Gasteiger partial charge in [0.05, 0.1) is 17.2 Å². The van der Waals surface area contributed by atoms with Crippen molar-refractivity contribution >= 4 is 17.6 Å². The summed E-state index contributed by atoms with van der Waals surface area (Å²) in [6, 6.07) is 12.1. The van der Waals surface area contributed by atoms with Crippen molar-refractivity contribution in [3.63, 3.8) is 0 Å². The molecule has 0 heterocycles. The van der Waals surface area contributed by atoms with E-state index in [1.165, 1.54) is 12.1 Å². The van der Waals surface area contributed by atoms with Crippen LogP contribution in [0.2, 0.25) is 5.02 Å². The third kappa shape index (κ3) is 4.13. The van der Waals surface area contributed by atoms with Crippen molar-refractivity contribution in [1.82, 2.24) is 0 Å². The Morgan fingerprint density at radius 3 is 2.38 bits per heavy atom. The van der Waals surface area contributed by atoms with Crippen molar-refractivity contribution < 1.29 is 19.4 Å². The van der Waals surface area contributed by atoms with Gasteiger partial charge in [0.25, 0.3) is 0 Å². The van der Waals surface area contributed by atoms with Gasteiger partial charge < -0.3 is 14.6 Å². The minimum absolute atomic E-state index is 0.0286. The van der Waals surface area contributed by atoms with Gasteiger partial charge in [-0.25, -0.2) is 4.79 Å². The van der Waals surface area contributed by atoms with Gasteiger partial charge in [0.1, 0.15) is 18.1 Å². The van der Waals surface area contributed by atoms with Crippen LogP contribution in [0.1, 0.15) is 22.8 Å². The molecule has 2 aromatic carbocycles. The summed E-state index contributed by atoms with van der Waals surface area (Å²) in [6.45, 7) is 2.89. The highest BCUT2D eigenvalue weighted by molar-refractivity contribution is 6.33. The number of carboxylic acid groups (broad SMARTS) is 1. The fourth-order valence-corrected chi connectivity index (χ4v) is 1.97. The van der Waals surface area contributed by atoms with E-state index in [9.17, 15) is 4.79 Å². The molecule has 0 radical (unpaired) electrons. The maximum absolute atomic E-state index is 11.0. The van der Waals surface area contributed by atoms with Crippen LogP contribution in [0.5, 0.6) is 11.5 Å². The molecule has 0 aliphatic heterocycles. The fourth-order valence-electron chi connectivity index (χ4n) is 1.77. The Hall–Kier alpha value is -2.20. The van der Waals surface area contributed by atoms with Crippen molar-refractivity contribution in [2.45, 2.75) is 13.5 Å². The van der Waals surface area contributed by atoms with Crippen LogP contribution < -0.4 is 9.47 Å². The summed E-state index contributed by atoms with van der Waals surface area (Å²) < 4.78 is 10.9. The van der Waals surface area contributed by atoms with Crippen LogP contribution in [-0.4, -0.2) is 17.7 Å². The second-order valence-corrected chi connectivity index (χ2v) is 4.72. The molecule has 0 saturated heterocycles. The number of carbonyl (C=O) groups is 1. The molecule has 21 heavy (non-hydrogen) atoms. The highest BCUT2D eigenvalue weighted by atomic mass is 35.5. The second-order valence-electron chi connectivity index (χ2n) is 4.31. The van der Waals surface area contributed by atoms with Crippen molar-refractivity contribution in [3.05, 3.63) is 58.6 Å². The van der Waals surface area contributed by atoms with E-state index in [2.05, 4.69) is 0 Å². The molecule has 2 aromatic rings. The van der Waals surface area contributed by atoms with Crippen molar-refractivity contribution in [1.29, 1.82) is 0 Å². The van der Waals surface area contributed by atoms with Crippen LogP contribution in [0.25, 0.3) is 0 Å². The zero-order valence-corrected chi connectivity index (χ0v) is 12.3. The number of hydrogen-bond donors (Lipinski definition) is 1. The van der Waals surface area contributed by atoms with E-state index in [-0.39, 0.29) is 10.6 Å². The molecular formula is C16H15ClO4. The average molecular weight is 307 g/mol. The third-order valence-electron chi connectivity index (χ3n) is 2.81. The summed E-state index contributed by atoms with van der Waals surface area (Å²) in [5.41, 5.74) is 0.992. The number of aromatic carboxylic acids is 1. The smallest absolute Gasteiger partial charge is 0.337 e. The molecule has 110 valence electrons. The fraction of sp³-hybridized carbons (Fsp3) is 0.188. The summed E-state index contributed by atoms with van der Waals surface area (Å²) in [6.07, 6.45) is 0. The number of carboxylic acids is 1. The number of hydrogen-bond acceptors (Lipinski definition) is 3. The number of benzene rings is 2. The van der Waals surface area contributed by atoms with Crippen molar-refractivity contribution in [2.75, 3.05) is 6.61 Å². The lowest BCUT2D eigenvalue weighted by atomic mass is 10.2. The van der Waals surface area contributed by atoms with Crippen LogP contribution in [0.15, 0.2) is 42.5 Å². The molecule has 5 heteroatoms. The van der Waals surface area contributed by atoms with E-state index >= 15 is 0 Å². The summed E-state index contributed by atoms with van der Waals surface area (Å²) in [5.74, 6) is 0.193. The molecule has 0 bridgehead atoms. The summed E-state index contributed by atoms with van der Waals surface area (Å²) >= 11 is 5.81. The summed E-state index contributed by atoms with van der Waals surface area (Å²) in [4.78, 5) is 11.0. The van der Waals surface area contributed by atoms with E-state index in [4.69, 9.17) is 26.2 Å². The summed E-state index contributed by atoms with van der Waals surface area (Å²) in [7, 11) is 0. The molecular weight excluding hydrogens is 292 g/mol. The van der Waals surface area contributed by atoms with Gasteiger partial charge in [-0.1, -0.05) is 23.7 Å². The lowest BCUT2D eigenvalue weighted by molar-refractivity contribution is 0.0696. The molecule has 2 rings (SSSR count). The van der Waals surface area contributed by atoms with E-state index in [0.29, 0.717) is 19.0 Å². The predicted molar refractivity (Wildman–Crippen MR) is 80.4 cm³/mol. The van der Waals surface area contributed by atoms with Gasteiger partial charge in [0.15, 0.2) is 0 Å². The molecule has 0 aromatic heterocycles. The first-order valence-electron chi connectivity index (χ1n) is 6.47. The second kappa shape index (κ2) is 6.99. The Balaban J connectivity index is 2.02. The number of rotatable bonds is 6. The quantitative estimate of drug-likeness (QED) is 0.876. The van der Waals surface area contributed by atoms with Crippen LogP contribution in [0.3, 0.4) is 0 Å². The molecule has 0 aliphatic rings. The van der Waals surface area contributed by atoms with E-state index in [0.717, 1.165) is 11.3 Å². The Morgan fingerprint density at radius 1 is 1.10 bits per heavy atom. The largest absolute Gasteiger partial charge is 0.494 e. The van der Waals surface area contributed by atoms with Gasteiger partial charge in [0.2, 0.25) is 0 Å². The molecule has 0 aliphatic carbocycles. The van der Waals surface area contributed by atoms with Crippen LogP contribution in [-0.2, 0) is 6.61 Å². The Kier molecular flexibility index (Phi) is 5.06. The zero-order chi connectivity index (χ0) is 15.2. The standard InChI is InChI=1S/C16H15ClO4/c1-2-20-12-5-3-11(4-6-12)10-21-13-7-8-15(17)14(9-13)16(18)19/h3-9H,2,10H2,1H3,(H,18,19). The SMILES string of the molecule is CCOc1ccc(COc2ccc(Cl)c(C(=O)O)c2)cc1. The molecule has 0 spiro atoms. The van der Waals surface area contributed by atoms with Gasteiger partial charge in [-0.2, -0.15) is 0 Å². The van der Waals surface area contributed by atoms with Gasteiger partial charge in [-0.15, -0.1) is 0 Å². The zero-order valence-electron chi connectivity index (χ0n) is 11.5. The topological polar surface area (TPSA) is 55.8 Å². The monoisotopic (exact) mass is 306 g/mol. The first-order valence-corrected chi connectivity index (χ1v) is 6.85. The van der Waals surface area contributed by atoms with Crippen LogP contribution in [0.4, 0.5) is 0 Å². The Bertz CT molecular complexity index is 623. The van der Waals surface area contributed by atoms with Crippen molar-refractivity contribution in [3.8, 4) is 11.5 Å². The maximum Gasteiger partial charge on any atom is 0.337 e. The number of halogens is 1. The molecule has 0 atom stereocenters. The highest BCUT2D eigenvalue weighted by Crippen LogP contribution is 2.23. The first-order chi connectivity index (χ1) is 10.1. The number of ether oxygens (including phenoxy) is 2. The van der Waals surface area contributed by atoms with Crippen molar-refractivity contribution in [2.24, 2.45) is 0 Å². The van der Waals surface area contributed by atoms with E-state index in [1.807, 2.05) is 31.2 Å². The lowest BCUT2D eigenvalue weighted by Gasteiger charge is -2.09. The minimum Gasteiger partial charge on any atom is -0.494 e. The van der Waals surface area contributed by atoms with E-state index in [1.54, 1.807) is 6.07 Å². The molecule has 0 amide bonds. The molecule has 4 nitrogen and oxygen atoms in total. The Morgan fingerprint density at radius 2 is 1.76 bits per heavy atom. The van der Waals surface area contributed by atoms with Gasteiger partial charge >= 0.3 is 5.97 Å². The predicted octanol–water partition coefficient (Wildman–Crippen LogP) is 4.02. The highest BCUT2D eigenvalue weighted by Gasteiger charge is 2.10. The summed E-state index contributed by atoms with van der Waals surface area (Å²) in [5, 5.41) is 9.19. The minimum atomic E-state index is -1.08. The van der Waals surface area contributed by atoms with Gasteiger partial charge in [-0.3, -0.25) is 0 Å². The van der Waals surface area contributed by atoms with Gasteiger partial charge in [-0.05, 0) is 42.8 Å². The third-order valence-corrected chi connectivity index (χ3v) is 3.14. The van der Waals surface area contributed by atoms with Crippen LogP contribution in [0, 0.1) is 0 Å². The van der Waals surface area contributed by atoms with Crippen LogP contribution >= 0.6 is 11.6 Å². The molecule has 1 N–H and O–H groups in total. The van der Waals surface area contributed by atoms with Gasteiger partial charge in [0, 0.05) is 0 Å². The average Bonchev–Trinajstić information content (AvgIpc) is 2.48. The normalized spacial score (nSPS) is 10.2.